The SMILES string of the molecule is C=C/C(=C\C=C\c1ccccc1)Sc1ccccc1. The Hall–Kier alpha value is -1.99. The molecule has 0 aliphatic rings. The van der Waals surface area contributed by atoms with Gasteiger partial charge in [-0.3, -0.25) is 0 Å². The van der Waals surface area contributed by atoms with Gasteiger partial charge in [0.05, 0.1) is 0 Å². The minimum Gasteiger partial charge on any atom is -0.0979 e. The second kappa shape index (κ2) is 7.45. The van der Waals surface area contributed by atoms with Gasteiger partial charge < -0.3 is 0 Å². The van der Waals surface area contributed by atoms with Gasteiger partial charge in [0.1, 0.15) is 0 Å². The molecule has 0 atom stereocenters. The summed E-state index contributed by atoms with van der Waals surface area (Å²) in [5, 5.41) is 0. The van der Waals surface area contributed by atoms with Crippen LogP contribution in [0.25, 0.3) is 6.08 Å². The van der Waals surface area contributed by atoms with Crippen molar-refractivity contribution in [3.63, 3.8) is 0 Å². The van der Waals surface area contributed by atoms with Crippen LogP contribution < -0.4 is 0 Å². The van der Waals surface area contributed by atoms with Crippen LogP contribution in [0, 0.1) is 0 Å². The lowest BCUT2D eigenvalue weighted by Crippen LogP contribution is -1.72. The molecule has 0 saturated heterocycles. The van der Waals surface area contributed by atoms with Crippen LogP contribution in [0.1, 0.15) is 5.56 Å². The highest BCUT2D eigenvalue weighted by molar-refractivity contribution is 8.03. The van der Waals surface area contributed by atoms with Crippen LogP contribution in [0.5, 0.6) is 0 Å². The first kappa shape index (κ1) is 13.4. The molecule has 2 aromatic rings. The van der Waals surface area contributed by atoms with E-state index in [0.29, 0.717) is 0 Å². The van der Waals surface area contributed by atoms with E-state index in [1.807, 2.05) is 42.5 Å². The third-order valence-electron chi connectivity index (χ3n) is 2.53. The van der Waals surface area contributed by atoms with E-state index in [0.717, 1.165) is 4.91 Å². The maximum atomic E-state index is 3.86. The molecular weight excluding hydrogens is 248 g/mol. The molecule has 2 rings (SSSR count). The van der Waals surface area contributed by atoms with Crippen molar-refractivity contribution in [1.82, 2.24) is 0 Å². The van der Waals surface area contributed by atoms with Gasteiger partial charge in [-0.15, -0.1) is 0 Å². The molecule has 0 fully saturated rings. The zero-order valence-corrected chi connectivity index (χ0v) is 11.5. The third kappa shape index (κ3) is 4.65. The van der Waals surface area contributed by atoms with Gasteiger partial charge in [-0.05, 0) is 23.8 Å². The summed E-state index contributed by atoms with van der Waals surface area (Å²) in [6, 6.07) is 20.6. The predicted octanol–water partition coefficient (Wildman–Crippen LogP) is 5.56. The summed E-state index contributed by atoms with van der Waals surface area (Å²) < 4.78 is 0. The van der Waals surface area contributed by atoms with E-state index in [2.05, 4.69) is 49.1 Å². The van der Waals surface area contributed by atoms with Crippen LogP contribution in [0.15, 0.2) is 95.3 Å². The summed E-state index contributed by atoms with van der Waals surface area (Å²) in [5.41, 5.74) is 1.20. The Morgan fingerprint density at radius 3 is 2.16 bits per heavy atom. The lowest BCUT2D eigenvalue weighted by atomic mass is 10.2. The fraction of sp³-hybridized carbons (Fsp3) is 0. The van der Waals surface area contributed by atoms with E-state index >= 15 is 0 Å². The normalized spacial score (nSPS) is 11.7. The van der Waals surface area contributed by atoms with Gasteiger partial charge in [-0.25, -0.2) is 0 Å². The quantitative estimate of drug-likeness (QED) is 0.503. The van der Waals surface area contributed by atoms with Crippen molar-refractivity contribution in [2.45, 2.75) is 4.90 Å². The van der Waals surface area contributed by atoms with Gasteiger partial charge >= 0.3 is 0 Å². The number of thioether (sulfide) groups is 1. The van der Waals surface area contributed by atoms with Crippen molar-refractivity contribution in [1.29, 1.82) is 0 Å². The molecule has 0 saturated carbocycles. The predicted molar refractivity (Wildman–Crippen MR) is 86.1 cm³/mol. The van der Waals surface area contributed by atoms with E-state index in [1.54, 1.807) is 11.8 Å². The molecule has 1 heteroatoms. The molecule has 0 aromatic heterocycles. The summed E-state index contributed by atoms with van der Waals surface area (Å²) in [7, 11) is 0. The van der Waals surface area contributed by atoms with Crippen molar-refractivity contribution >= 4 is 17.8 Å². The Labute approximate surface area is 119 Å². The molecule has 0 amide bonds. The molecule has 94 valence electrons. The second-order valence-corrected chi connectivity index (χ2v) is 5.11. The molecular formula is C18H16S. The molecule has 0 aliphatic heterocycles. The van der Waals surface area contributed by atoms with Crippen molar-refractivity contribution < 1.29 is 0 Å². The Kier molecular flexibility index (Phi) is 5.27. The molecule has 2 aromatic carbocycles. The molecule has 0 heterocycles. The Bertz CT molecular complexity index is 565. The molecule has 0 N–H and O–H groups in total. The Morgan fingerprint density at radius 2 is 1.53 bits per heavy atom. The number of benzene rings is 2. The van der Waals surface area contributed by atoms with E-state index in [4.69, 9.17) is 0 Å². The molecule has 19 heavy (non-hydrogen) atoms. The topological polar surface area (TPSA) is 0 Å². The number of allylic oxidation sites excluding steroid dienone is 3. The number of rotatable bonds is 5. The summed E-state index contributed by atoms with van der Waals surface area (Å²) >= 11 is 1.72. The standard InChI is InChI=1S/C18H16S/c1-2-17(19-18-13-7-4-8-14-18)15-9-12-16-10-5-3-6-11-16/h2-15H,1H2/b12-9+,17-15+. The summed E-state index contributed by atoms with van der Waals surface area (Å²) in [5.74, 6) is 0. The van der Waals surface area contributed by atoms with E-state index < -0.39 is 0 Å². The highest BCUT2D eigenvalue weighted by Gasteiger charge is 1.94. The zero-order chi connectivity index (χ0) is 13.3. The van der Waals surface area contributed by atoms with Crippen LogP contribution in [0.4, 0.5) is 0 Å². The molecule has 0 spiro atoms. The lowest BCUT2D eigenvalue weighted by molar-refractivity contribution is 1.47. The summed E-state index contributed by atoms with van der Waals surface area (Å²) in [6.45, 7) is 3.86. The first-order valence-corrected chi connectivity index (χ1v) is 6.99. The third-order valence-corrected chi connectivity index (χ3v) is 3.58. The Balaban J connectivity index is 2.04. The molecule has 0 aliphatic carbocycles. The zero-order valence-electron chi connectivity index (χ0n) is 10.7. The molecule has 0 unspecified atom stereocenters. The highest BCUT2D eigenvalue weighted by Crippen LogP contribution is 2.26. The van der Waals surface area contributed by atoms with Crippen molar-refractivity contribution in [3.05, 3.63) is 95.9 Å². The number of hydrogen-bond acceptors (Lipinski definition) is 1. The van der Waals surface area contributed by atoms with Gasteiger partial charge in [0, 0.05) is 9.80 Å². The lowest BCUT2D eigenvalue weighted by Gasteiger charge is -2.00. The molecule has 0 bridgehead atoms. The summed E-state index contributed by atoms with van der Waals surface area (Å²) in [4.78, 5) is 2.36. The van der Waals surface area contributed by atoms with Gasteiger partial charge in [-0.2, -0.15) is 0 Å². The highest BCUT2D eigenvalue weighted by atomic mass is 32.2. The maximum Gasteiger partial charge on any atom is 0.0122 e. The molecule has 0 radical (unpaired) electrons. The fourth-order valence-corrected chi connectivity index (χ4v) is 2.38. The van der Waals surface area contributed by atoms with Crippen molar-refractivity contribution in [2.24, 2.45) is 0 Å². The monoisotopic (exact) mass is 264 g/mol. The van der Waals surface area contributed by atoms with E-state index in [-0.39, 0.29) is 0 Å². The van der Waals surface area contributed by atoms with Gasteiger partial charge in [-0.1, -0.05) is 85.1 Å². The van der Waals surface area contributed by atoms with Gasteiger partial charge in [0.25, 0.3) is 0 Å². The average Bonchev–Trinajstić information content (AvgIpc) is 2.48. The average molecular weight is 264 g/mol. The van der Waals surface area contributed by atoms with Crippen LogP contribution in [0.3, 0.4) is 0 Å². The van der Waals surface area contributed by atoms with E-state index in [1.165, 1.54) is 10.5 Å². The van der Waals surface area contributed by atoms with Gasteiger partial charge in [0.2, 0.25) is 0 Å². The van der Waals surface area contributed by atoms with Crippen LogP contribution in [-0.2, 0) is 0 Å². The maximum absolute atomic E-state index is 3.86. The largest absolute Gasteiger partial charge is 0.0979 e. The second-order valence-electron chi connectivity index (χ2n) is 3.96. The van der Waals surface area contributed by atoms with Crippen molar-refractivity contribution in [2.75, 3.05) is 0 Å². The first-order valence-electron chi connectivity index (χ1n) is 6.17. The fourth-order valence-electron chi connectivity index (χ4n) is 1.59. The smallest absolute Gasteiger partial charge is 0.0122 e. The first-order chi connectivity index (χ1) is 9.38. The van der Waals surface area contributed by atoms with Gasteiger partial charge in [0.15, 0.2) is 0 Å². The van der Waals surface area contributed by atoms with Crippen LogP contribution in [-0.4, -0.2) is 0 Å². The summed E-state index contributed by atoms with van der Waals surface area (Å²) in [6.07, 6.45) is 8.11. The number of hydrogen-bond donors (Lipinski definition) is 0. The minimum atomic E-state index is 1.14. The minimum absolute atomic E-state index is 1.14. The van der Waals surface area contributed by atoms with Crippen LogP contribution in [0.2, 0.25) is 0 Å². The van der Waals surface area contributed by atoms with Crippen molar-refractivity contribution in [3.8, 4) is 0 Å². The molecule has 0 nitrogen and oxygen atoms in total. The van der Waals surface area contributed by atoms with Crippen LogP contribution >= 0.6 is 11.8 Å². The Morgan fingerprint density at radius 1 is 0.895 bits per heavy atom. The van der Waals surface area contributed by atoms with E-state index in [9.17, 15) is 0 Å².